The average molecular weight is 427 g/mol. The SMILES string of the molecule is Cc1ccccc1NC(=O)CSc1c(CC(C)C)cnc2c1c(=O)n(C)c(=O)n2C. The van der Waals surface area contributed by atoms with Gasteiger partial charge in [-0.2, -0.15) is 0 Å². The molecule has 1 N–H and O–H groups in total. The fraction of sp³-hybridized carbons (Fsp3) is 0.364. The zero-order valence-corrected chi connectivity index (χ0v) is 18.7. The summed E-state index contributed by atoms with van der Waals surface area (Å²) in [7, 11) is 3.05. The Labute approximate surface area is 179 Å². The van der Waals surface area contributed by atoms with Crippen molar-refractivity contribution in [2.75, 3.05) is 11.1 Å². The first kappa shape index (κ1) is 21.8. The molecule has 0 saturated heterocycles. The van der Waals surface area contributed by atoms with Crippen LogP contribution in [0.2, 0.25) is 0 Å². The van der Waals surface area contributed by atoms with Crippen LogP contribution >= 0.6 is 11.8 Å². The van der Waals surface area contributed by atoms with E-state index in [4.69, 9.17) is 0 Å². The molecule has 1 aromatic carbocycles. The minimum absolute atomic E-state index is 0.143. The molecule has 0 atom stereocenters. The van der Waals surface area contributed by atoms with Crippen LogP contribution in [0.25, 0.3) is 11.0 Å². The number of pyridine rings is 1. The van der Waals surface area contributed by atoms with E-state index >= 15 is 0 Å². The lowest BCUT2D eigenvalue weighted by Gasteiger charge is -2.15. The minimum atomic E-state index is -0.426. The van der Waals surface area contributed by atoms with Crippen molar-refractivity contribution in [2.45, 2.75) is 32.1 Å². The third-order valence-corrected chi connectivity index (χ3v) is 6.05. The number of hydrogen-bond acceptors (Lipinski definition) is 5. The van der Waals surface area contributed by atoms with Gasteiger partial charge in [0.2, 0.25) is 5.91 Å². The molecule has 3 rings (SSSR count). The minimum Gasteiger partial charge on any atom is -0.325 e. The molecule has 0 radical (unpaired) electrons. The number of aromatic nitrogens is 3. The molecule has 0 fully saturated rings. The number of carbonyl (C=O) groups is 1. The summed E-state index contributed by atoms with van der Waals surface area (Å²) >= 11 is 1.31. The van der Waals surface area contributed by atoms with E-state index < -0.39 is 11.2 Å². The number of fused-ring (bicyclic) bond motifs is 1. The highest BCUT2D eigenvalue weighted by molar-refractivity contribution is 8.00. The highest BCUT2D eigenvalue weighted by Gasteiger charge is 2.19. The van der Waals surface area contributed by atoms with Gasteiger partial charge in [-0.25, -0.2) is 9.78 Å². The summed E-state index contributed by atoms with van der Waals surface area (Å²) in [6.45, 7) is 6.11. The zero-order chi connectivity index (χ0) is 22.0. The first-order valence-electron chi connectivity index (χ1n) is 9.76. The third-order valence-electron chi connectivity index (χ3n) is 4.89. The molecule has 0 unspecified atom stereocenters. The van der Waals surface area contributed by atoms with Gasteiger partial charge in [0.15, 0.2) is 0 Å². The van der Waals surface area contributed by atoms with E-state index in [9.17, 15) is 14.4 Å². The fourth-order valence-corrected chi connectivity index (χ4v) is 4.32. The Morgan fingerprint density at radius 3 is 2.53 bits per heavy atom. The second-order valence-electron chi connectivity index (χ2n) is 7.77. The number of hydrogen-bond donors (Lipinski definition) is 1. The van der Waals surface area contributed by atoms with Gasteiger partial charge in [-0.05, 0) is 36.5 Å². The lowest BCUT2D eigenvalue weighted by molar-refractivity contribution is -0.113. The van der Waals surface area contributed by atoms with Gasteiger partial charge in [0.05, 0.1) is 11.1 Å². The number of rotatable bonds is 6. The lowest BCUT2D eigenvalue weighted by atomic mass is 10.0. The molecule has 7 nitrogen and oxygen atoms in total. The molecule has 0 saturated carbocycles. The molecular formula is C22H26N4O3S. The summed E-state index contributed by atoms with van der Waals surface area (Å²) in [5.74, 6) is 0.335. The molecule has 8 heteroatoms. The van der Waals surface area contributed by atoms with Crippen LogP contribution < -0.4 is 16.6 Å². The van der Waals surface area contributed by atoms with Gasteiger partial charge in [0.1, 0.15) is 5.65 Å². The molecule has 0 bridgehead atoms. The molecule has 0 spiro atoms. The highest BCUT2D eigenvalue weighted by Crippen LogP contribution is 2.30. The van der Waals surface area contributed by atoms with E-state index in [0.717, 1.165) is 27.8 Å². The first-order chi connectivity index (χ1) is 14.2. The second-order valence-corrected chi connectivity index (χ2v) is 8.75. The Morgan fingerprint density at radius 2 is 1.87 bits per heavy atom. The van der Waals surface area contributed by atoms with Gasteiger partial charge in [0, 0.05) is 30.9 Å². The van der Waals surface area contributed by atoms with Gasteiger partial charge in [-0.3, -0.25) is 18.7 Å². The molecule has 0 aliphatic carbocycles. The van der Waals surface area contributed by atoms with Gasteiger partial charge < -0.3 is 5.32 Å². The van der Waals surface area contributed by atoms with Crippen LogP contribution in [0.1, 0.15) is 25.0 Å². The molecule has 2 aromatic heterocycles. The molecule has 30 heavy (non-hydrogen) atoms. The summed E-state index contributed by atoms with van der Waals surface area (Å²) in [4.78, 5) is 42.9. The van der Waals surface area contributed by atoms with Gasteiger partial charge in [-0.15, -0.1) is 11.8 Å². The van der Waals surface area contributed by atoms with Crippen molar-refractivity contribution >= 4 is 34.4 Å². The summed E-state index contributed by atoms with van der Waals surface area (Å²) < 4.78 is 2.45. The monoisotopic (exact) mass is 426 g/mol. The van der Waals surface area contributed by atoms with Gasteiger partial charge in [0.25, 0.3) is 5.56 Å². The number of thioether (sulfide) groups is 1. The van der Waals surface area contributed by atoms with Crippen LogP contribution in [-0.2, 0) is 25.3 Å². The number of para-hydroxylation sites is 1. The Kier molecular flexibility index (Phi) is 6.45. The Balaban J connectivity index is 2.02. The van der Waals surface area contributed by atoms with E-state index in [2.05, 4.69) is 24.1 Å². The highest BCUT2D eigenvalue weighted by atomic mass is 32.2. The lowest BCUT2D eigenvalue weighted by Crippen LogP contribution is -2.37. The number of nitrogens with zero attached hydrogens (tertiary/aromatic N) is 3. The smallest absolute Gasteiger partial charge is 0.325 e. The maximum Gasteiger partial charge on any atom is 0.332 e. The predicted molar refractivity (Wildman–Crippen MR) is 121 cm³/mol. The van der Waals surface area contributed by atoms with Crippen LogP contribution in [0.4, 0.5) is 5.69 Å². The quantitative estimate of drug-likeness (QED) is 0.613. The second kappa shape index (κ2) is 8.87. The number of nitrogens with one attached hydrogen (secondary N) is 1. The van der Waals surface area contributed by atoms with Crippen molar-refractivity contribution in [2.24, 2.45) is 20.0 Å². The normalized spacial score (nSPS) is 11.3. The molecule has 2 heterocycles. The largest absolute Gasteiger partial charge is 0.332 e. The summed E-state index contributed by atoms with van der Waals surface area (Å²) in [6, 6.07) is 7.58. The van der Waals surface area contributed by atoms with Crippen LogP contribution in [0.5, 0.6) is 0 Å². The van der Waals surface area contributed by atoms with E-state index in [-0.39, 0.29) is 11.7 Å². The number of benzene rings is 1. The van der Waals surface area contributed by atoms with Crippen molar-refractivity contribution in [1.29, 1.82) is 0 Å². The first-order valence-corrected chi connectivity index (χ1v) is 10.7. The number of anilines is 1. The van der Waals surface area contributed by atoms with Gasteiger partial charge in [-0.1, -0.05) is 32.0 Å². The summed E-state index contributed by atoms with van der Waals surface area (Å²) in [6.07, 6.45) is 2.43. The molecular weight excluding hydrogens is 400 g/mol. The van der Waals surface area contributed by atoms with Crippen LogP contribution in [-0.4, -0.2) is 25.8 Å². The van der Waals surface area contributed by atoms with Crippen molar-refractivity contribution in [1.82, 2.24) is 14.1 Å². The maximum atomic E-state index is 12.9. The standard InChI is InChI=1S/C22H26N4O3S/c1-13(2)10-15-11-23-20-18(21(28)26(5)22(29)25(20)4)19(15)30-12-17(27)24-16-9-7-6-8-14(16)3/h6-9,11,13H,10,12H2,1-5H3,(H,24,27). The Hall–Kier alpha value is -2.87. The molecule has 3 aromatic rings. The van der Waals surface area contributed by atoms with Crippen LogP contribution in [0, 0.1) is 12.8 Å². The Morgan fingerprint density at radius 1 is 1.17 bits per heavy atom. The summed E-state index contributed by atoms with van der Waals surface area (Å²) in [5, 5.41) is 3.30. The number of carbonyl (C=O) groups excluding carboxylic acids is 1. The number of amides is 1. The summed E-state index contributed by atoms with van der Waals surface area (Å²) in [5.41, 5.74) is 2.16. The van der Waals surface area contributed by atoms with Crippen molar-refractivity contribution in [3.63, 3.8) is 0 Å². The number of aryl methyl sites for hydroxylation is 2. The molecule has 158 valence electrons. The van der Waals surface area contributed by atoms with Crippen molar-refractivity contribution in [3.8, 4) is 0 Å². The Bertz CT molecular complexity index is 1230. The maximum absolute atomic E-state index is 12.9. The fourth-order valence-electron chi connectivity index (χ4n) is 3.33. The molecule has 1 amide bonds. The van der Waals surface area contributed by atoms with E-state index in [1.807, 2.05) is 31.2 Å². The van der Waals surface area contributed by atoms with Gasteiger partial charge >= 0.3 is 5.69 Å². The van der Waals surface area contributed by atoms with Crippen LogP contribution in [0.3, 0.4) is 0 Å². The topological polar surface area (TPSA) is 86.0 Å². The third kappa shape index (κ3) is 4.33. The van der Waals surface area contributed by atoms with E-state index in [1.165, 1.54) is 23.4 Å². The average Bonchev–Trinajstić information content (AvgIpc) is 2.70. The van der Waals surface area contributed by atoms with Crippen molar-refractivity contribution in [3.05, 3.63) is 62.4 Å². The van der Waals surface area contributed by atoms with Crippen LogP contribution in [0.15, 0.2) is 44.9 Å². The molecule has 0 aliphatic heterocycles. The zero-order valence-electron chi connectivity index (χ0n) is 17.9. The van der Waals surface area contributed by atoms with E-state index in [1.54, 1.807) is 13.2 Å². The predicted octanol–water partition coefficient (Wildman–Crippen LogP) is 2.87. The van der Waals surface area contributed by atoms with E-state index in [0.29, 0.717) is 21.8 Å². The van der Waals surface area contributed by atoms with Crippen molar-refractivity contribution < 1.29 is 4.79 Å². The molecule has 0 aliphatic rings.